The van der Waals surface area contributed by atoms with Gasteiger partial charge in [0.25, 0.3) is 11.8 Å². The van der Waals surface area contributed by atoms with Gasteiger partial charge in [0.2, 0.25) is 11.8 Å². The third kappa shape index (κ3) is 7.20. The van der Waals surface area contributed by atoms with Crippen molar-refractivity contribution in [3.63, 3.8) is 0 Å². The maximum absolute atomic E-state index is 12.9. The van der Waals surface area contributed by atoms with Crippen LogP contribution in [0.15, 0.2) is 109 Å². The molecule has 2 N–H and O–H groups in total. The summed E-state index contributed by atoms with van der Waals surface area (Å²) in [5, 5.41) is 5.49. The van der Waals surface area contributed by atoms with Crippen LogP contribution in [0.3, 0.4) is 0 Å². The van der Waals surface area contributed by atoms with Gasteiger partial charge in [-0.15, -0.1) is 0 Å². The highest BCUT2D eigenvalue weighted by Crippen LogP contribution is 2.19. The lowest BCUT2D eigenvalue weighted by Gasteiger charge is -2.18. The van der Waals surface area contributed by atoms with Gasteiger partial charge in [0.15, 0.2) is 0 Å². The second kappa shape index (κ2) is 13.0. The number of nitrogens with one attached hydrogen (secondary N) is 2. The molecule has 0 heterocycles. The fraction of sp³-hybridized carbons (Fsp3) is 0.125. The Balaban J connectivity index is 1.30. The van der Waals surface area contributed by atoms with Gasteiger partial charge in [-0.05, 0) is 60.7 Å². The molecule has 4 amide bonds. The molecule has 0 atom stereocenters. The SMILES string of the molecule is CN(C(=O)c1cccc(NC(=O)CCC(=O)Nc2cccc(C(=O)N(C)c3ccccc3)c2)c1)c1ccccc1. The first-order valence-corrected chi connectivity index (χ1v) is 12.8. The topological polar surface area (TPSA) is 98.8 Å². The zero-order valence-electron chi connectivity index (χ0n) is 22.3. The zero-order chi connectivity index (χ0) is 28.5. The van der Waals surface area contributed by atoms with Crippen molar-refractivity contribution in [3.05, 3.63) is 120 Å². The summed E-state index contributed by atoms with van der Waals surface area (Å²) in [6.45, 7) is 0. The van der Waals surface area contributed by atoms with Gasteiger partial charge in [0.1, 0.15) is 0 Å². The first-order chi connectivity index (χ1) is 19.3. The second-order valence-corrected chi connectivity index (χ2v) is 9.16. The molecule has 8 heteroatoms. The molecule has 0 aliphatic carbocycles. The van der Waals surface area contributed by atoms with Crippen molar-refractivity contribution in [2.24, 2.45) is 0 Å². The fourth-order valence-corrected chi connectivity index (χ4v) is 4.06. The van der Waals surface area contributed by atoms with Crippen LogP contribution in [0.2, 0.25) is 0 Å². The van der Waals surface area contributed by atoms with Gasteiger partial charge >= 0.3 is 0 Å². The van der Waals surface area contributed by atoms with E-state index in [9.17, 15) is 19.2 Å². The summed E-state index contributed by atoms with van der Waals surface area (Å²) in [6.07, 6.45) is -0.105. The van der Waals surface area contributed by atoms with E-state index in [0.29, 0.717) is 22.5 Å². The molecule has 0 saturated carbocycles. The molecule has 0 aliphatic rings. The van der Waals surface area contributed by atoms with Crippen LogP contribution in [0.5, 0.6) is 0 Å². The molecular formula is C32H30N4O4. The van der Waals surface area contributed by atoms with E-state index in [-0.39, 0.29) is 36.5 Å². The van der Waals surface area contributed by atoms with Crippen molar-refractivity contribution in [2.75, 3.05) is 34.5 Å². The van der Waals surface area contributed by atoms with E-state index < -0.39 is 0 Å². The van der Waals surface area contributed by atoms with Crippen molar-refractivity contribution in [1.29, 1.82) is 0 Å². The fourth-order valence-electron chi connectivity index (χ4n) is 4.06. The number of amides is 4. The minimum atomic E-state index is -0.357. The number of carbonyl (C=O) groups excluding carboxylic acids is 4. The highest BCUT2D eigenvalue weighted by atomic mass is 16.2. The van der Waals surface area contributed by atoms with Crippen LogP contribution in [0.4, 0.5) is 22.7 Å². The van der Waals surface area contributed by atoms with Gasteiger partial charge in [0.05, 0.1) is 0 Å². The average molecular weight is 535 g/mol. The second-order valence-electron chi connectivity index (χ2n) is 9.16. The number of hydrogen-bond acceptors (Lipinski definition) is 4. The molecule has 202 valence electrons. The molecule has 0 fully saturated rings. The van der Waals surface area contributed by atoms with Gasteiger partial charge in [0, 0.05) is 60.8 Å². The minimum absolute atomic E-state index is 0.0523. The molecule has 0 saturated heterocycles. The summed E-state index contributed by atoms with van der Waals surface area (Å²) in [5.41, 5.74) is 3.29. The first kappa shape index (κ1) is 27.8. The molecular weight excluding hydrogens is 504 g/mol. The number of carbonyl (C=O) groups is 4. The maximum Gasteiger partial charge on any atom is 0.258 e. The van der Waals surface area contributed by atoms with E-state index in [1.165, 1.54) is 9.80 Å². The number of hydrogen-bond donors (Lipinski definition) is 2. The van der Waals surface area contributed by atoms with Crippen molar-refractivity contribution in [3.8, 4) is 0 Å². The largest absolute Gasteiger partial charge is 0.326 e. The summed E-state index contributed by atoms with van der Waals surface area (Å²) in [4.78, 5) is 53.9. The van der Waals surface area contributed by atoms with Crippen LogP contribution in [-0.2, 0) is 9.59 Å². The van der Waals surface area contributed by atoms with Gasteiger partial charge in [-0.3, -0.25) is 19.2 Å². The molecule has 0 radical (unpaired) electrons. The summed E-state index contributed by atoms with van der Waals surface area (Å²) in [5.74, 6) is -1.14. The van der Waals surface area contributed by atoms with E-state index in [1.807, 2.05) is 60.7 Å². The predicted molar refractivity (Wildman–Crippen MR) is 158 cm³/mol. The highest BCUT2D eigenvalue weighted by molar-refractivity contribution is 6.07. The highest BCUT2D eigenvalue weighted by Gasteiger charge is 2.16. The molecule has 0 aliphatic heterocycles. The van der Waals surface area contributed by atoms with E-state index in [1.54, 1.807) is 62.6 Å². The van der Waals surface area contributed by atoms with Crippen LogP contribution in [0.1, 0.15) is 33.6 Å². The van der Waals surface area contributed by atoms with E-state index in [2.05, 4.69) is 10.6 Å². The molecule has 0 bridgehead atoms. The number of para-hydroxylation sites is 2. The molecule has 0 spiro atoms. The van der Waals surface area contributed by atoms with Crippen molar-refractivity contribution < 1.29 is 19.2 Å². The van der Waals surface area contributed by atoms with Gasteiger partial charge in [-0.1, -0.05) is 48.5 Å². The lowest BCUT2D eigenvalue weighted by atomic mass is 10.1. The summed E-state index contributed by atoms with van der Waals surface area (Å²) in [7, 11) is 3.38. The summed E-state index contributed by atoms with van der Waals surface area (Å²) in [6, 6.07) is 31.9. The Labute approximate surface area is 233 Å². The third-order valence-corrected chi connectivity index (χ3v) is 6.26. The summed E-state index contributed by atoms with van der Waals surface area (Å²) >= 11 is 0. The Morgan fingerprint density at radius 2 is 0.900 bits per heavy atom. The quantitative estimate of drug-likeness (QED) is 0.292. The molecule has 4 aromatic rings. The van der Waals surface area contributed by atoms with E-state index >= 15 is 0 Å². The number of anilines is 4. The summed E-state index contributed by atoms with van der Waals surface area (Å²) < 4.78 is 0. The van der Waals surface area contributed by atoms with E-state index in [4.69, 9.17) is 0 Å². The Hall–Kier alpha value is -5.24. The van der Waals surface area contributed by atoms with Crippen LogP contribution in [0, 0.1) is 0 Å². The Bertz CT molecular complexity index is 1390. The van der Waals surface area contributed by atoms with Gasteiger partial charge in [-0.25, -0.2) is 0 Å². The van der Waals surface area contributed by atoms with Crippen molar-refractivity contribution in [2.45, 2.75) is 12.8 Å². The minimum Gasteiger partial charge on any atom is -0.326 e. The number of rotatable bonds is 9. The molecule has 0 aromatic heterocycles. The van der Waals surface area contributed by atoms with Crippen LogP contribution < -0.4 is 20.4 Å². The van der Waals surface area contributed by atoms with E-state index in [0.717, 1.165) is 11.4 Å². The van der Waals surface area contributed by atoms with Gasteiger partial charge < -0.3 is 20.4 Å². The third-order valence-electron chi connectivity index (χ3n) is 6.26. The Kier molecular flexibility index (Phi) is 9.04. The molecule has 4 rings (SSSR count). The van der Waals surface area contributed by atoms with Crippen molar-refractivity contribution in [1.82, 2.24) is 0 Å². The van der Waals surface area contributed by atoms with Crippen LogP contribution >= 0.6 is 0 Å². The molecule has 4 aromatic carbocycles. The molecule has 40 heavy (non-hydrogen) atoms. The lowest BCUT2D eigenvalue weighted by Crippen LogP contribution is -2.26. The Morgan fingerprint density at radius 3 is 1.27 bits per heavy atom. The smallest absolute Gasteiger partial charge is 0.258 e. The predicted octanol–water partition coefficient (Wildman–Crippen LogP) is 5.60. The molecule has 8 nitrogen and oxygen atoms in total. The molecule has 0 unspecified atom stereocenters. The lowest BCUT2D eigenvalue weighted by molar-refractivity contribution is -0.121. The normalized spacial score (nSPS) is 10.3. The number of nitrogens with zero attached hydrogens (tertiary/aromatic N) is 2. The standard InChI is InChI=1S/C32H30N4O4/c1-35(27-15-5-3-6-16-27)31(39)23-11-9-13-25(21-23)33-29(37)19-20-30(38)34-26-14-10-12-24(22-26)32(40)36(2)28-17-7-4-8-18-28/h3-18,21-22H,19-20H2,1-2H3,(H,33,37)(H,34,38). The number of benzene rings is 4. The Morgan fingerprint density at radius 1 is 0.525 bits per heavy atom. The van der Waals surface area contributed by atoms with Crippen LogP contribution in [-0.4, -0.2) is 37.7 Å². The van der Waals surface area contributed by atoms with Crippen LogP contribution in [0.25, 0.3) is 0 Å². The van der Waals surface area contributed by atoms with Crippen molar-refractivity contribution >= 4 is 46.4 Å². The monoisotopic (exact) mass is 534 g/mol. The average Bonchev–Trinajstić information content (AvgIpc) is 2.99. The van der Waals surface area contributed by atoms with Gasteiger partial charge in [-0.2, -0.15) is 0 Å². The maximum atomic E-state index is 12.9. The first-order valence-electron chi connectivity index (χ1n) is 12.8. The zero-order valence-corrected chi connectivity index (χ0v) is 22.3.